The van der Waals surface area contributed by atoms with Crippen LogP contribution in [0.5, 0.6) is 0 Å². The first-order chi connectivity index (χ1) is 12.7. The number of hydrogen-bond acceptors (Lipinski definition) is 4. The molecule has 0 unspecified atom stereocenters. The van der Waals surface area contributed by atoms with Crippen molar-refractivity contribution in [3.05, 3.63) is 59.8 Å². The summed E-state index contributed by atoms with van der Waals surface area (Å²) in [5.41, 5.74) is 2.14. The summed E-state index contributed by atoms with van der Waals surface area (Å²) in [4.78, 5) is 21.5. The van der Waals surface area contributed by atoms with Crippen LogP contribution in [-0.4, -0.2) is 47.4 Å². The highest BCUT2D eigenvalue weighted by molar-refractivity contribution is 5.93. The van der Waals surface area contributed by atoms with Crippen molar-refractivity contribution in [2.45, 2.75) is 37.8 Å². The Morgan fingerprint density at radius 3 is 2.46 bits per heavy atom. The number of hydrogen-bond donors (Lipinski definition) is 0. The molecular weight excluding hydrogens is 322 g/mol. The summed E-state index contributed by atoms with van der Waals surface area (Å²) in [5, 5.41) is 0. The second kappa shape index (κ2) is 6.20. The van der Waals surface area contributed by atoms with Crippen LogP contribution >= 0.6 is 0 Å². The maximum atomic E-state index is 11.6. The maximum Gasteiger partial charge on any atom is 0.161 e. The van der Waals surface area contributed by atoms with Gasteiger partial charge in [-0.2, -0.15) is 0 Å². The molecule has 1 aromatic carbocycles. The van der Waals surface area contributed by atoms with Gasteiger partial charge in [0.25, 0.3) is 0 Å². The zero-order valence-electron chi connectivity index (χ0n) is 15.2. The van der Waals surface area contributed by atoms with Gasteiger partial charge < -0.3 is 4.90 Å². The van der Waals surface area contributed by atoms with Crippen LogP contribution in [0.4, 0.5) is 5.82 Å². The van der Waals surface area contributed by atoms with Crippen LogP contribution < -0.4 is 4.90 Å². The zero-order valence-corrected chi connectivity index (χ0v) is 15.2. The van der Waals surface area contributed by atoms with Gasteiger partial charge in [-0.15, -0.1) is 0 Å². The maximum absolute atomic E-state index is 11.6. The first kappa shape index (κ1) is 16.0. The third-order valence-corrected chi connectivity index (χ3v) is 6.67. The quantitative estimate of drug-likeness (QED) is 0.798. The van der Waals surface area contributed by atoms with Gasteiger partial charge in [-0.05, 0) is 56.5 Å². The van der Waals surface area contributed by atoms with Gasteiger partial charge >= 0.3 is 0 Å². The Kier molecular flexibility index (Phi) is 3.82. The number of Topliss-reactive ketones (excluding diaryl/α,β-unsaturated/α-hetero) is 1. The molecule has 6 rings (SSSR count). The average Bonchev–Trinajstić information content (AvgIpc) is 3.12. The lowest BCUT2D eigenvalue weighted by Crippen LogP contribution is -2.60. The summed E-state index contributed by atoms with van der Waals surface area (Å²) in [6.45, 7) is 5.08. The first-order valence-electron chi connectivity index (χ1n) is 9.75. The number of piperidine rings is 3. The molecule has 134 valence electrons. The lowest BCUT2D eigenvalue weighted by Gasteiger charge is -2.51. The van der Waals surface area contributed by atoms with E-state index in [4.69, 9.17) is 0 Å². The standard InChI is InChI=1S/C22H25N3O/c1-15(26)18-7-8-20(23-13-18)25-14-19(16-5-3-2-4-6-16)22-21(25)17-9-11-24(22)12-10-17/h2-8,13,17,19,21-22H,9-12,14H2,1H3/t19-,21+,22+/m1/s1. The van der Waals surface area contributed by atoms with Crippen LogP contribution in [0.25, 0.3) is 0 Å². The Hall–Kier alpha value is -2.20. The SMILES string of the molecule is CC(=O)c1ccc(N2C[C@H](c3ccccc3)[C@H]3[C@@H]2C2CCN3CC2)nc1. The second-order valence-electron chi connectivity index (χ2n) is 7.99. The van der Waals surface area contributed by atoms with Gasteiger partial charge in [0, 0.05) is 36.3 Å². The number of anilines is 1. The van der Waals surface area contributed by atoms with E-state index < -0.39 is 0 Å². The van der Waals surface area contributed by atoms with Gasteiger partial charge in [-0.25, -0.2) is 4.98 Å². The summed E-state index contributed by atoms with van der Waals surface area (Å²) in [6.07, 6.45) is 4.33. The van der Waals surface area contributed by atoms with Crippen LogP contribution in [-0.2, 0) is 0 Å². The minimum absolute atomic E-state index is 0.0772. The number of aromatic nitrogens is 1. The highest BCUT2D eigenvalue weighted by Gasteiger charge is 2.53. The monoisotopic (exact) mass is 347 g/mol. The van der Waals surface area contributed by atoms with Gasteiger partial charge in [0.15, 0.2) is 5.78 Å². The Morgan fingerprint density at radius 2 is 1.81 bits per heavy atom. The van der Waals surface area contributed by atoms with Gasteiger partial charge in [-0.3, -0.25) is 9.69 Å². The third kappa shape index (κ3) is 2.47. The van der Waals surface area contributed by atoms with E-state index in [1.54, 1.807) is 13.1 Å². The number of benzene rings is 1. The highest BCUT2D eigenvalue weighted by Crippen LogP contribution is 2.47. The third-order valence-electron chi connectivity index (χ3n) is 6.67. The van der Waals surface area contributed by atoms with E-state index in [9.17, 15) is 4.79 Å². The van der Waals surface area contributed by atoms with E-state index >= 15 is 0 Å². The molecule has 0 amide bonds. The van der Waals surface area contributed by atoms with Crippen molar-refractivity contribution < 1.29 is 4.79 Å². The molecule has 0 N–H and O–H groups in total. The van der Waals surface area contributed by atoms with E-state index in [0.29, 0.717) is 23.6 Å². The molecule has 0 aliphatic carbocycles. The van der Waals surface area contributed by atoms with Crippen molar-refractivity contribution >= 4 is 11.6 Å². The number of rotatable bonds is 3. The summed E-state index contributed by atoms with van der Waals surface area (Å²) in [6, 6.07) is 16.1. The number of carbonyl (C=O) groups is 1. The predicted molar refractivity (Wildman–Crippen MR) is 103 cm³/mol. The molecule has 3 atom stereocenters. The summed E-state index contributed by atoms with van der Waals surface area (Å²) in [7, 11) is 0. The lowest BCUT2D eigenvalue weighted by atomic mass is 9.75. The number of nitrogens with zero attached hydrogens (tertiary/aromatic N) is 3. The number of fused-ring (bicyclic) bond motifs is 2. The second-order valence-corrected chi connectivity index (χ2v) is 7.99. The number of carbonyl (C=O) groups excluding carboxylic acids is 1. The average molecular weight is 347 g/mol. The van der Waals surface area contributed by atoms with E-state index in [-0.39, 0.29) is 5.78 Å². The lowest BCUT2D eigenvalue weighted by molar-refractivity contribution is 0.0354. The van der Waals surface area contributed by atoms with Gasteiger partial charge in [0.1, 0.15) is 5.82 Å². The molecule has 4 nitrogen and oxygen atoms in total. The molecule has 4 aliphatic rings. The summed E-state index contributed by atoms with van der Waals surface area (Å²) < 4.78 is 0. The van der Waals surface area contributed by atoms with Crippen molar-refractivity contribution in [2.75, 3.05) is 24.5 Å². The Balaban J connectivity index is 1.52. The van der Waals surface area contributed by atoms with E-state index in [2.05, 4.69) is 45.1 Å². The summed E-state index contributed by atoms with van der Waals surface area (Å²) in [5.74, 6) is 2.39. The van der Waals surface area contributed by atoms with Crippen LogP contribution in [0.3, 0.4) is 0 Å². The van der Waals surface area contributed by atoms with Crippen molar-refractivity contribution in [3.8, 4) is 0 Å². The van der Waals surface area contributed by atoms with Crippen molar-refractivity contribution in [1.29, 1.82) is 0 Å². The van der Waals surface area contributed by atoms with E-state index in [1.165, 1.54) is 31.5 Å². The van der Waals surface area contributed by atoms with Gasteiger partial charge in [-0.1, -0.05) is 30.3 Å². The molecule has 4 aliphatic heterocycles. The van der Waals surface area contributed by atoms with Gasteiger partial charge in [0.2, 0.25) is 0 Å². The Bertz CT molecular complexity index is 796. The zero-order chi connectivity index (χ0) is 17.7. The topological polar surface area (TPSA) is 36.4 Å². The normalized spacial score (nSPS) is 32.5. The molecule has 4 fully saturated rings. The molecule has 2 bridgehead atoms. The smallest absolute Gasteiger partial charge is 0.161 e. The highest BCUT2D eigenvalue weighted by atomic mass is 16.1. The summed E-state index contributed by atoms with van der Waals surface area (Å²) >= 11 is 0. The first-order valence-corrected chi connectivity index (χ1v) is 9.75. The molecule has 1 aromatic heterocycles. The Labute approximate surface area is 154 Å². The fourth-order valence-electron chi connectivity index (χ4n) is 5.44. The number of pyridine rings is 1. The minimum Gasteiger partial charge on any atom is -0.351 e. The molecule has 5 heterocycles. The van der Waals surface area contributed by atoms with Crippen LogP contribution in [0.1, 0.15) is 41.6 Å². The molecule has 0 saturated carbocycles. The van der Waals surface area contributed by atoms with Crippen molar-refractivity contribution in [2.24, 2.45) is 5.92 Å². The fraction of sp³-hybridized carbons (Fsp3) is 0.455. The molecular formula is C22H25N3O. The van der Waals surface area contributed by atoms with Gasteiger partial charge in [0.05, 0.1) is 0 Å². The largest absolute Gasteiger partial charge is 0.351 e. The predicted octanol–water partition coefficient (Wildman–Crippen LogP) is 3.35. The van der Waals surface area contributed by atoms with Crippen LogP contribution in [0.2, 0.25) is 0 Å². The Morgan fingerprint density at radius 1 is 1.04 bits per heavy atom. The minimum atomic E-state index is 0.0772. The molecule has 0 spiro atoms. The van der Waals surface area contributed by atoms with Crippen molar-refractivity contribution in [3.63, 3.8) is 0 Å². The molecule has 2 aromatic rings. The van der Waals surface area contributed by atoms with Crippen LogP contribution in [0, 0.1) is 5.92 Å². The van der Waals surface area contributed by atoms with E-state index in [1.807, 2.05) is 12.1 Å². The molecule has 4 heteroatoms. The molecule has 0 radical (unpaired) electrons. The molecule has 4 saturated heterocycles. The number of ketones is 1. The van der Waals surface area contributed by atoms with E-state index in [0.717, 1.165) is 18.3 Å². The van der Waals surface area contributed by atoms with Crippen LogP contribution in [0.15, 0.2) is 48.7 Å². The molecule has 26 heavy (non-hydrogen) atoms. The van der Waals surface area contributed by atoms with Crippen molar-refractivity contribution in [1.82, 2.24) is 9.88 Å². The fourth-order valence-corrected chi connectivity index (χ4v) is 5.44.